The van der Waals surface area contributed by atoms with Crippen LogP contribution in [0.15, 0.2) is 34.5 Å². The molecule has 1 aromatic heterocycles. The van der Waals surface area contributed by atoms with E-state index in [1.165, 1.54) is 11.3 Å². The number of aromatic nitrogens is 1. The summed E-state index contributed by atoms with van der Waals surface area (Å²) in [5, 5.41) is 2.77. The van der Waals surface area contributed by atoms with Crippen LogP contribution in [0.25, 0.3) is 0 Å². The van der Waals surface area contributed by atoms with Crippen molar-refractivity contribution in [3.63, 3.8) is 0 Å². The first-order valence-corrected chi connectivity index (χ1v) is 10.0. The zero-order chi connectivity index (χ0) is 16.9. The zero-order valence-corrected chi connectivity index (χ0v) is 15.4. The predicted octanol–water partition coefficient (Wildman–Crippen LogP) is 2.77. The van der Waals surface area contributed by atoms with Crippen molar-refractivity contribution in [1.82, 2.24) is 14.6 Å². The van der Waals surface area contributed by atoms with Gasteiger partial charge in [-0.1, -0.05) is 31.5 Å². The first kappa shape index (κ1) is 18.1. The van der Waals surface area contributed by atoms with Crippen LogP contribution in [0.4, 0.5) is 0 Å². The van der Waals surface area contributed by atoms with Gasteiger partial charge in [0.15, 0.2) is 0 Å². The number of nitrogens with one attached hydrogen (secondary N) is 1. The van der Waals surface area contributed by atoms with Crippen LogP contribution in [0, 0.1) is 6.92 Å². The van der Waals surface area contributed by atoms with E-state index in [0.29, 0.717) is 0 Å². The SMILES string of the molecule is CCN(CC)Cc1csc(CNS(=O)(=O)c2ccc(C)cc2)n1. The Morgan fingerprint density at radius 2 is 1.83 bits per heavy atom. The molecule has 0 saturated carbocycles. The Morgan fingerprint density at radius 3 is 2.43 bits per heavy atom. The Hall–Kier alpha value is -1.28. The molecule has 0 saturated heterocycles. The maximum atomic E-state index is 12.3. The lowest BCUT2D eigenvalue weighted by Crippen LogP contribution is -2.24. The molecule has 0 radical (unpaired) electrons. The highest BCUT2D eigenvalue weighted by Gasteiger charge is 2.14. The van der Waals surface area contributed by atoms with Gasteiger partial charge < -0.3 is 0 Å². The summed E-state index contributed by atoms with van der Waals surface area (Å²) < 4.78 is 27.1. The van der Waals surface area contributed by atoms with Crippen LogP contribution in [-0.2, 0) is 23.1 Å². The van der Waals surface area contributed by atoms with Gasteiger partial charge in [0, 0.05) is 11.9 Å². The van der Waals surface area contributed by atoms with Gasteiger partial charge >= 0.3 is 0 Å². The van der Waals surface area contributed by atoms with Crippen LogP contribution in [0.2, 0.25) is 0 Å². The summed E-state index contributed by atoms with van der Waals surface area (Å²) in [5.41, 5.74) is 2.02. The Morgan fingerprint density at radius 1 is 1.17 bits per heavy atom. The molecular formula is C16H23N3O2S2. The van der Waals surface area contributed by atoms with Crippen LogP contribution >= 0.6 is 11.3 Å². The van der Waals surface area contributed by atoms with E-state index in [2.05, 4.69) is 28.5 Å². The van der Waals surface area contributed by atoms with Crippen molar-refractivity contribution in [1.29, 1.82) is 0 Å². The molecule has 1 N–H and O–H groups in total. The van der Waals surface area contributed by atoms with Crippen LogP contribution in [-0.4, -0.2) is 31.4 Å². The number of rotatable bonds is 8. The van der Waals surface area contributed by atoms with Gasteiger partial charge in [-0.05, 0) is 32.1 Å². The Balaban J connectivity index is 1.98. The highest BCUT2D eigenvalue weighted by molar-refractivity contribution is 7.89. The summed E-state index contributed by atoms with van der Waals surface area (Å²) in [5.74, 6) is 0. The molecule has 7 heteroatoms. The predicted molar refractivity (Wildman–Crippen MR) is 93.9 cm³/mol. The van der Waals surface area contributed by atoms with Crippen molar-refractivity contribution in [2.24, 2.45) is 0 Å². The molecule has 0 aliphatic heterocycles. The molecule has 1 heterocycles. The fourth-order valence-electron chi connectivity index (χ4n) is 2.14. The molecule has 23 heavy (non-hydrogen) atoms. The first-order valence-electron chi connectivity index (χ1n) is 7.66. The number of hydrogen-bond acceptors (Lipinski definition) is 5. The second-order valence-corrected chi connectivity index (χ2v) is 8.04. The number of sulfonamides is 1. The molecule has 0 unspecified atom stereocenters. The third kappa shape index (κ3) is 5.10. The second-order valence-electron chi connectivity index (χ2n) is 5.33. The van der Waals surface area contributed by atoms with Gasteiger partial charge in [0.2, 0.25) is 10.0 Å². The van der Waals surface area contributed by atoms with Gasteiger partial charge in [0.25, 0.3) is 0 Å². The highest BCUT2D eigenvalue weighted by Crippen LogP contribution is 2.14. The normalized spacial score (nSPS) is 12.0. The lowest BCUT2D eigenvalue weighted by atomic mass is 10.2. The largest absolute Gasteiger partial charge is 0.298 e. The average Bonchev–Trinajstić information content (AvgIpc) is 2.99. The summed E-state index contributed by atoms with van der Waals surface area (Å²) in [6.45, 7) is 9.13. The molecule has 0 atom stereocenters. The minimum atomic E-state index is -3.49. The van der Waals surface area contributed by atoms with Gasteiger partial charge in [-0.15, -0.1) is 11.3 Å². The van der Waals surface area contributed by atoms with Gasteiger partial charge in [0.1, 0.15) is 5.01 Å². The molecule has 0 fully saturated rings. The van der Waals surface area contributed by atoms with E-state index in [-0.39, 0.29) is 11.4 Å². The van der Waals surface area contributed by atoms with E-state index in [1.807, 2.05) is 12.3 Å². The number of nitrogens with zero attached hydrogens (tertiary/aromatic N) is 2. The molecule has 0 bridgehead atoms. The summed E-state index contributed by atoms with van der Waals surface area (Å²) in [4.78, 5) is 7.06. The van der Waals surface area contributed by atoms with E-state index in [4.69, 9.17) is 0 Å². The lowest BCUT2D eigenvalue weighted by molar-refractivity contribution is 0.292. The van der Waals surface area contributed by atoms with Crippen LogP contribution in [0.5, 0.6) is 0 Å². The fourth-order valence-corrected chi connectivity index (χ4v) is 3.94. The summed E-state index contributed by atoms with van der Waals surface area (Å²) in [6.07, 6.45) is 0. The zero-order valence-electron chi connectivity index (χ0n) is 13.7. The third-order valence-corrected chi connectivity index (χ3v) is 5.94. The van der Waals surface area contributed by atoms with E-state index in [1.54, 1.807) is 24.3 Å². The monoisotopic (exact) mass is 353 g/mol. The van der Waals surface area contributed by atoms with Gasteiger partial charge in [0.05, 0.1) is 17.1 Å². The van der Waals surface area contributed by atoms with Crippen LogP contribution < -0.4 is 4.72 Å². The molecule has 0 spiro atoms. The van der Waals surface area contributed by atoms with E-state index >= 15 is 0 Å². The maximum Gasteiger partial charge on any atom is 0.240 e. The molecule has 0 aliphatic rings. The van der Waals surface area contributed by atoms with E-state index < -0.39 is 10.0 Å². The molecule has 2 aromatic rings. The number of benzene rings is 1. The quantitative estimate of drug-likeness (QED) is 0.793. The van der Waals surface area contributed by atoms with E-state index in [0.717, 1.165) is 35.9 Å². The standard InChI is InChI=1S/C16H23N3O2S2/c1-4-19(5-2)11-14-12-22-16(18-14)10-17-23(20,21)15-8-6-13(3)7-9-15/h6-9,12,17H,4-5,10-11H2,1-3H3. The van der Waals surface area contributed by atoms with E-state index in [9.17, 15) is 8.42 Å². The second kappa shape index (κ2) is 8.01. The fraction of sp³-hybridized carbons (Fsp3) is 0.438. The molecule has 2 rings (SSSR count). The summed E-state index contributed by atoms with van der Waals surface area (Å²) in [6, 6.07) is 6.82. The van der Waals surface area contributed by atoms with Crippen LogP contribution in [0.1, 0.15) is 30.1 Å². The first-order chi connectivity index (χ1) is 10.9. The highest BCUT2D eigenvalue weighted by atomic mass is 32.2. The van der Waals surface area contributed by atoms with Gasteiger partial charge in [-0.3, -0.25) is 4.90 Å². The van der Waals surface area contributed by atoms with Gasteiger partial charge in [-0.25, -0.2) is 18.1 Å². The van der Waals surface area contributed by atoms with Crippen molar-refractivity contribution >= 4 is 21.4 Å². The number of aryl methyl sites for hydroxylation is 1. The minimum absolute atomic E-state index is 0.221. The molecule has 0 aliphatic carbocycles. The molecule has 1 aromatic carbocycles. The average molecular weight is 354 g/mol. The Bertz CT molecular complexity index is 720. The lowest BCUT2D eigenvalue weighted by Gasteiger charge is -2.15. The Kier molecular flexibility index (Phi) is 6.29. The molecule has 5 nitrogen and oxygen atoms in total. The minimum Gasteiger partial charge on any atom is -0.298 e. The molecule has 0 amide bonds. The third-order valence-electron chi connectivity index (χ3n) is 3.62. The number of hydrogen-bond donors (Lipinski definition) is 1. The molecular weight excluding hydrogens is 330 g/mol. The van der Waals surface area contributed by atoms with Crippen molar-refractivity contribution in [3.05, 3.63) is 45.9 Å². The topological polar surface area (TPSA) is 62.3 Å². The van der Waals surface area contributed by atoms with Crippen LogP contribution in [0.3, 0.4) is 0 Å². The summed E-state index contributed by atoms with van der Waals surface area (Å²) in [7, 11) is -3.49. The van der Waals surface area contributed by atoms with Crippen molar-refractivity contribution in [2.45, 2.75) is 38.8 Å². The van der Waals surface area contributed by atoms with Crippen molar-refractivity contribution in [2.75, 3.05) is 13.1 Å². The maximum absolute atomic E-state index is 12.3. The van der Waals surface area contributed by atoms with Gasteiger partial charge in [-0.2, -0.15) is 0 Å². The smallest absolute Gasteiger partial charge is 0.240 e. The molecule has 126 valence electrons. The van der Waals surface area contributed by atoms with Crippen molar-refractivity contribution in [3.8, 4) is 0 Å². The Labute approximate surface area is 142 Å². The summed E-state index contributed by atoms with van der Waals surface area (Å²) >= 11 is 1.49. The number of thiazole rings is 1. The van der Waals surface area contributed by atoms with Crippen molar-refractivity contribution < 1.29 is 8.42 Å².